The Hall–Kier alpha value is -0.900. The lowest BCUT2D eigenvalue weighted by molar-refractivity contribution is 0.195. The molecule has 2 rings (SSSR count). The molecule has 0 amide bonds. The van der Waals surface area contributed by atoms with Gasteiger partial charge in [-0.05, 0) is 52.5 Å². The highest BCUT2D eigenvalue weighted by molar-refractivity contribution is 5.22. The van der Waals surface area contributed by atoms with E-state index >= 15 is 0 Å². The van der Waals surface area contributed by atoms with Crippen LogP contribution in [0, 0.1) is 6.92 Å². The lowest BCUT2D eigenvalue weighted by Crippen LogP contribution is -2.51. The Balaban J connectivity index is 2.00. The molecule has 2 atom stereocenters. The Morgan fingerprint density at radius 1 is 1.21 bits per heavy atom. The van der Waals surface area contributed by atoms with Crippen molar-refractivity contribution in [3.63, 3.8) is 0 Å². The predicted molar refractivity (Wildman–Crippen MR) is 81.4 cm³/mol. The van der Waals surface area contributed by atoms with Crippen molar-refractivity contribution in [2.75, 3.05) is 33.7 Å². The van der Waals surface area contributed by atoms with Crippen molar-refractivity contribution in [2.24, 2.45) is 5.73 Å². The maximum Gasteiger partial charge on any atom is 0.0374 e. The Morgan fingerprint density at radius 3 is 2.58 bits per heavy atom. The van der Waals surface area contributed by atoms with Crippen LogP contribution < -0.4 is 5.73 Å². The summed E-state index contributed by atoms with van der Waals surface area (Å²) in [4.78, 5) is 4.84. The van der Waals surface area contributed by atoms with Crippen LogP contribution in [-0.4, -0.2) is 55.6 Å². The van der Waals surface area contributed by atoms with E-state index < -0.39 is 0 Å². The molecule has 1 aliphatic rings. The molecule has 1 aromatic rings. The van der Waals surface area contributed by atoms with Crippen LogP contribution in [0.1, 0.15) is 17.5 Å². The second-order valence-corrected chi connectivity index (χ2v) is 6.02. The minimum absolute atomic E-state index is 0.202. The Labute approximate surface area is 117 Å². The highest BCUT2D eigenvalue weighted by Gasteiger charge is 2.26. The third-order valence-electron chi connectivity index (χ3n) is 4.20. The molecule has 19 heavy (non-hydrogen) atoms. The van der Waals surface area contributed by atoms with Crippen molar-refractivity contribution in [3.05, 3.63) is 35.4 Å². The highest BCUT2D eigenvalue weighted by atomic mass is 15.2. The van der Waals surface area contributed by atoms with Crippen molar-refractivity contribution in [2.45, 2.75) is 31.8 Å². The molecular formula is C16H27N3. The average Bonchev–Trinajstić information content (AvgIpc) is 2.54. The zero-order valence-electron chi connectivity index (χ0n) is 12.5. The van der Waals surface area contributed by atoms with E-state index in [-0.39, 0.29) is 6.04 Å². The Morgan fingerprint density at radius 2 is 1.89 bits per heavy atom. The van der Waals surface area contributed by atoms with Gasteiger partial charge in [0.2, 0.25) is 0 Å². The third kappa shape index (κ3) is 4.03. The second-order valence-electron chi connectivity index (χ2n) is 6.02. The molecule has 0 radical (unpaired) electrons. The van der Waals surface area contributed by atoms with Crippen molar-refractivity contribution in [3.8, 4) is 0 Å². The molecule has 0 aliphatic carbocycles. The summed E-state index contributed by atoms with van der Waals surface area (Å²) in [6.45, 7) is 5.52. The molecule has 106 valence electrons. The van der Waals surface area contributed by atoms with Gasteiger partial charge in [0.25, 0.3) is 0 Å². The van der Waals surface area contributed by atoms with Gasteiger partial charge >= 0.3 is 0 Å². The van der Waals surface area contributed by atoms with Gasteiger partial charge < -0.3 is 15.5 Å². The smallest absolute Gasteiger partial charge is 0.0374 e. The van der Waals surface area contributed by atoms with E-state index in [1.54, 1.807) is 0 Å². The number of hydrogen-bond acceptors (Lipinski definition) is 3. The maximum absolute atomic E-state index is 6.47. The summed E-state index contributed by atoms with van der Waals surface area (Å²) in [7, 11) is 4.41. The zero-order chi connectivity index (χ0) is 13.8. The van der Waals surface area contributed by atoms with Gasteiger partial charge in [-0.2, -0.15) is 0 Å². The van der Waals surface area contributed by atoms with E-state index in [1.165, 1.54) is 24.1 Å². The number of hydrogen-bond donors (Lipinski definition) is 1. The van der Waals surface area contributed by atoms with Crippen LogP contribution in [0.15, 0.2) is 24.3 Å². The minimum Gasteiger partial charge on any atom is -0.326 e. The normalized spacial score (nSPS) is 24.1. The Bertz CT molecular complexity index is 387. The van der Waals surface area contributed by atoms with Crippen LogP contribution in [0.4, 0.5) is 0 Å². The van der Waals surface area contributed by atoms with Crippen molar-refractivity contribution in [1.29, 1.82) is 0 Å². The third-order valence-corrected chi connectivity index (χ3v) is 4.20. The summed E-state index contributed by atoms with van der Waals surface area (Å²) < 4.78 is 0. The summed E-state index contributed by atoms with van der Waals surface area (Å²) >= 11 is 0. The van der Waals surface area contributed by atoms with Gasteiger partial charge in [0.05, 0.1) is 0 Å². The molecule has 3 nitrogen and oxygen atoms in total. The largest absolute Gasteiger partial charge is 0.326 e. The first-order valence-electron chi connectivity index (χ1n) is 7.26. The van der Waals surface area contributed by atoms with Gasteiger partial charge in [0, 0.05) is 18.6 Å². The zero-order valence-corrected chi connectivity index (χ0v) is 12.5. The lowest BCUT2D eigenvalue weighted by atomic mass is 9.98. The van der Waals surface area contributed by atoms with Crippen LogP contribution in [0.5, 0.6) is 0 Å². The van der Waals surface area contributed by atoms with Gasteiger partial charge in [-0.1, -0.05) is 29.8 Å². The first-order chi connectivity index (χ1) is 9.06. The van der Waals surface area contributed by atoms with Crippen LogP contribution >= 0.6 is 0 Å². The molecule has 2 N–H and O–H groups in total. The summed E-state index contributed by atoms with van der Waals surface area (Å²) in [6.07, 6.45) is 2.20. The second kappa shape index (κ2) is 6.51. The van der Waals surface area contributed by atoms with Crippen LogP contribution in [0.3, 0.4) is 0 Å². The number of aryl methyl sites for hydroxylation is 1. The van der Waals surface area contributed by atoms with Gasteiger partial charge in [0.15, 0.2) is 0 Å². The SMILES string of the molecule is Cc1ccc(CC(N)C2CN(C)CCCN2C)cc1. The Kier molecular flexibility index (Phi) is 4.97. The monoisotopic (exact) mass is 261 g/mol. The fourth-order valence-electron chi connectivity index (χ4n) is 2.90. The number of nitrogens with zero attached hydrogens (tertiary/aromatic N) is 2. The minimum atomic E-state index is 0.202. The highest BCUT2D eigenvalue weighted by Crippen LogP contribution is 2.13. The summed E-state index contributed by atoms with van der Waals surface area (Å²) in [5.74, 6) is 0. The van der Waals surface area contributed by atoms with Gasteiger partial charge in [-0.3, -0.25) is 0 Å². The number of nitrogens with two attached hydrogens (primary N) is 1. The molecule has 1 saturated heterocycles. The summed E-state index contributed by atoms with van der Waals surface area (Å²) in [6, 6.07) is 9.41. The molecule has 0 aromatic heterocycles. The van der Waals surface area contributed by atoms with Crippen molar-refractivity contribution < 1.29 is 0 Å². The molecule has 0 bridgehead atoms. The summed E-state index contributed by atoms with van der Waals surface area (Å²) in [5.41, 5.74) is 9.13. The molecule has 1 fully saturated rings. The lowest BCUT2D eigenvalue weighted by Gasteiger charge is -2.32. The molecule has 0 spiro atoms. The van der Waals surface area contributed by atoms with E-state index in [9.17, 15) is 0 Å². The molecular weight excluding hydrogens is 234 g/mol. The topological polar surface area (TPSA) is 32.5 Å². The molecule has 2 unspecified atom stereocenters. The quantitative estimate of drug-likeness (QED) is 0.895. The molecule has 3 heteroatoms. The van der Waals surface area contributed by atoms with Crippen molar-refractivity contribution in [1.82, 2.24) is 9.80 Å². The average molecular weight is 261 g/mol. The van der Waals surface area contributed by atoms with E-state index in [0.29, 0.717) is 6.04 Å². The van der Waals surface area contributed by atoms with E-state index in [4.69, 9.17) is 5.73 Å². The van der Waals surface area contributed by atoms with Gasteiger partial charge in [-0.25, -0.2) is 0 Å². The van der Waals surface area contributed by atoms with Crippen LogP contribution in [-0.2, 0) is 6.42 Å². The van der Waals surface area contributed by atoms with Crippen LogP contribution in [0.2, 0.25) is 0 Å². The first kappa shape index (κ1) is 14.5. The van der Waals surface area contributed by atoms with Crippen molar-refractivity contribution >= 4 is 0 Å². The number of rotatable bonds is 3. The maximum atomic E-state index is 6.47. The molecule has 1 aromatic carbocycles. The fourth-order valence-corrected chi connectivity index (χ4v) is 2.90. The van der Waals surface area contributed by atoms with Crippen LogP contribution in [0.25, 0.3) is 0 Å². The molecule has 0 saturated carbocycles. The molecule has 1 heterocycles. The summed E-state index contributed by atoms with van der Waals surface area (Å²) in [5, 5.41) is 0. The van der Waals surface area contributed by atoms with E-state index in [1.807, 2.05) is 0 Å². The molecule has 1 aliphatic heterocycles. The van der Waals surface area contributed by atoms with E-state index in [0.717, 1.165) is 19.5 Å². The van der Waals surface area contributed by atoms with E-state index in [2.05, 4.69) is 55.1 Å². The number of benzene rings is 1. The van der Waals surface area contributed by atoms with Gasteiger partial charge in [0.1, 0.15) is 0 Å². The number of likely N-dealkylation sites (N-methyl/N-ethyl adjacent to an activating group) is 2. The first-order valence-corrected chi connectivity index (χ1v) is 7.26. The van der Waals surface area contributed by atoms with Gasteiger partial charge in [-0.15, -0.1) is 0 Å². The fraction of sp³-hybridized carbons (Fsp3) is 0.625. The predicted octanol–water partition coefficient (Wildman–Crippen LogP) is 1.50. The standard InChI is InChI=1S/C16H27N3/c1-13-5-7-14(8-6-13)11-15(17)16-12-18(2)9-4-10-19(16)3/h5-8,15-16H,4,9-12,17H2,1-3H3.